The SMILES string of the molecule is Cc1cc2c(cc1C)[n+](Cc1ccccc1Br)cn2CCCCCn1c2ccccc2c2ccccc21.[Br-]. The van der Waals surface area contributed by atoms with E-state index in [0.717, 1.165) is 24.1 Å². The first-order chi connectivity index (χ1) is 18.1. The highest BCUT2D eigenvalue weighted by atomic mass is 79.9. The summed E-state index contributed by atoms with van der Waals surface area (Å²) in [6.45, 7) is 7.39. The van der Waals surface area contributed by atoms with Gasteiger partial charge >= 0.3 is 0 Å². The molecule has 0 aliphatic rings. The lowest BCUT2D eigenvalue weighted by molar-refractivity contribution is -0.663. The number of imidazole rings is 1. The maximum absolute atomic E-state index is 3.73. The Labute approximate surface area is 243 Å². The number of fused-ring (bicyclic) bond motifs is 4. The molecule has 194 valence electrons. The molecule has 0 spiro atoms. The Bertz CT molecular complexity index is 1670. The number of benzene rings is 4. The summed E-state index contributed by atoms with van der Waals surface area (Å²) in [6.07, 6.45) is 5.87. The molecule has 0 unspecified atom stereocenters. The zero-order chi connectivity index (χ0) is 25.4. The number of rotatable bonds is 8. The molecule has 0 atom stereocenters. The van der Waals surface area contributed by atoms with Crippen molar-refractivity contribution in [3.05, 3.63) is 112 Å². The van der Waals surface area contributed by atoms with E-state index in [4.69, 9.17) is 0 Å². The molecule has 0 saturated carbocycles. The predicted molar refractivity (Wildman–Crippen MR) is 158 cm³/mol. The van der Waals surface area contributed by atoms with E-state index >= 15 is 0 Å². The van der Waals surface area contributed by atoms with Crippen LogP contribution in [-0.2, 0) is 19.6 Å². The van der Waals surface area contributed by atoms with E-state index in [1.54, 1.807) is 0 Å². The smallest absolute Gasteiger partial charge is 0.245 e. The van der Waals surface area contributed by atoms with Crippen LogP contribution in [0.2, 0.25) is 0 Å². The van der Waals surface area contributed by atoms with Crippen molar-refractivity contribution in [3.8, 4) is 0 Å². The summed E-state index contributed by atoms with van der Waals surface area (Å²) in [5.41, 5.74) is 9.33. The van der Waals surface area contributed by atoms with E-state index in [1.807, 2.05) is 0 Å². The molecule has 6 rings (SSSR count). The average Bonchev–Trinajstić information content (AvgIpc) is 3.40. The van der Waals surface area contributed by atoms with E-state index in [2.05, 4.69) is 135 Å². The minimum Gasteiger partial charge on any atom is -1.00 e. The Balaban J connectivity index is 0.00000294. The van der Waals surface area contributed by atoms with Crippen molar-refractivity contribution in [1.29, 1.82) is 0 Å². The first-order valence-electron chi connectivity index (χ1n) is 13.3. The molecule has 5 heteroatoms. The van der Waals surface area contributed by atoms with Crippen LogP contribution in [0.5, 0.6) is 0 Å². The van der Waals surface area contributed by atoms with Gasteiger partial charge in [0.15, 0.2) is 11.0 Å². The fraction of sp³-hybridized carbons (Fsp3) is 0.242. The summed E-state index contributed by atoms with van der Waals surface area (Å²) in [4.78, 5) is 0. The second-order valence-electron chi connectivity index (χ2n) is 10.2. The molecular weight excluding hydrogens is 598 g/mol. The Morgan fingerprint density at radius 2 is 1.29 bits per heavy atom. The molecule has 0 amide bonds. The standard InChI is InChI=1S/C33H33BrN3.BrH/c1-24-20-32-33(21-25(24)2)36(22-26-12-4-7-15-29(26)34)23-35(32)18-10-3-11-19-37-30-16-8-5-13-27(30)28-14-6-9-17-31(28)37;/h4-9,12-17,20-21,23H,3,10-11,18-19,22H2,1-2H3;1H/q+1;/p-1. The fourth-order valence-corrected chi connectivity index (χ4v) is 6.04. The number of unbranched alkanes of at least 4 members (excludes halogenated alkanes) is 2. The van der Waals surface area contributed by atoms with Crippen LogP contribution in [0.4, 0.5) is 0 Å². The lowest BCUT2D eigenvalue weighted by atomic mass is 10.1. The van der Waals surface area contributed by atoms with Crippen molar-refractivity contribution >= 4 is 48.8 Å². The second-order valence-corrected chi connectivity index (χ2v) is 11.1. The lowest BCUT2D eigenvalue weighted by Gasteiger charge is -2.07. The van der Waals surface area contributed by atoms with E-state index in [0.29, 0.717) is 0 Å². The Morgan fingerprint density at radius 3 is 2.00 bits per heavy atom. The maximum Gasteiger partial charge on any atom is 0.245 e. The van der Waals surface area contributed by atoms with Gasteiger partial charge in [0.05, 0.1) is 6.54 Å². The van der Waals surface area contributed by atoms with Gasteiger partial charge < -0.3 is 21.5 Å². The number of aromatic nitrogens is 3. The van der Waals surface area contributed by atoms with Gasteiger partial charge in [0.25, 0.3) is 0 Å². The van der Waals surface area contributed by atoms with Crippen LogP contribution < -0.4 is 21.5 Å². The molecule has 0 N–H and O–H groups in total. The molecule has 0 saturated heterocycles. The molecule has 2 heterocycles. The van der Waals surface area contributed by atoms with Gasteiger partial charge in [-0.05, 0) is 74.6 Å². The van der Waals surface area contributed by atoms with Crippen molar-refractivity contribution in [2.75, 3.05) is 0 Å². The normalized spacial score (nSPS) is 11.4. The number of halogens is 2. The van der Waals surface area contributed by atoms with Crippen molar-refractivity contribution in [2.45, 2.75) is 52.7 Å². The summed E-state index contributed by atoms with van der Waals surface area (Å²) in [7, 11) is 0. The molecule has 2 aromatic heterocycles. The Morgan fingerprint density at radius 1 is 0.684 bits per heavy atom. The first-order valence-corrected chi connectivity index (χ1v) is 14.1. The number of aryl methyl sites for hydroxylation is 4. The topological polar surface area (TPSA) is 13.7 Å². The monoisotopic (exact) mass is 629 g/mol. The number of hydrogen-bond acceptors (Lipinski definition) is 0. The van der Waals surface area contributed by atoms with Gasteiger partial charge in [0.1, 0.15) is 6.54 Å². The first kappa shape index (κ1) is 26.7. The van der Waals surface area contributed by atoms with E-state index in [-0.39, 0.29) is 17.0 Å². The third-order valence-corrected chi connectivity index (χ3v) is 8.52. The minimum atomic E-state index is 0. The molecule has 0 aliphatic carbocycles. The molecule has 38 heavy (non-hydrogen) atoms. The van der Waals surface area contributed by atoms with Crippen molar-refractivity contribution in [1.82, 2.24) is 9.13 Å². The number of nitrogens with zero attached hydrogens (tertiary/aromatic N) is 3. The third-order valence-electron chi connectivity index (χ3n) is 7.75. The fourth-order valence-electron chi connectivity index (χ4n) is 5.63. The average molecular weight is 631 g/mol. The Hall–Kier alpha value is -2.89. The van der Waals surface area contributed by atoms with Gasteiger partial charge in [0.2, 0.25) is 6.33 Å². The van der Waals surface area contributed by atoms with Crippen LogP contribution in [0.1, 0.15) is 36.0 Å². The number of hydrogen-bond donors (Lipinski definition) is 0. The van der Waals surface area contributed by atoms with Gasteiger partial charge in [-0.3, -0.25) is 0 Å². The van der Waals surface area contributed by atoms with Gasteiger partial charge in [-0.15, -0.1) is 0 Å². The highest BCUT2D eigenvalue weighted by molar-refractivity contribution is 9.10. The largest absolute Gasteiger partial charge is 1.00 e. The molecule has 4 aromatic carbocycles. The van der Waals surface area contributed by atoms with Crippen LogP contribution >= 0.6 is 15.9 Å². The quantitative estimate of drug-likeness (QED) is 0.159. The third kappa shape index (κ3) is 5.06. The number of para-hydroxylation sites is 2. The highest BCUT2D eigenvalue weighted by Crippen LogP contribution is 2.29. The molecule has 0 radical (unpaired) electrons. The van der Waals surface area contributed by atoms with Gasteiger partial charge in [-0.2, -0.15) is 0 Å². The molecular formula is C33H33Br2N3. The molecule has 0 bridgehead atoms. The zero-order valence-electron chi connectivity index (χ0n) is 22.0. The van der Waals surface area contributed by atoms with Crippen molar-refractivity contribution in [2.24, 2.45) is 0 Å². The van der Waals surface area contributed by atoms with Gasteiger partial charge in [-0.25, -0.2) is 9.13 Å². The predicted octanol–water partition coefficient (Wildman–Crippen LogP) is 5.34. The van der Waals surface area contributed by atoms with Crippen molar-refractivity contribution in [3.63, 3.8) is 0 Å². The summed E-state index contributed by atoms with van der Waals surface area (Å²) in [5, 5.41) is 2.72. The summed E-state index contributed by atoms with van der Waals surface area (Å²) >= 11 is 3.73. The van der Waals surface area contributed by atoms with Crippen molar-refractivity contribution < 1.29 is 21.5 Å². The van der Waals surface area contributed by atoms with Gasteiger partial charge in [-0.1, -0.05) is 70.5 Å². The second kappa shape index (κ2) is 11.5. The van der Waals surface area contributed by atoms with E-state index in [1.165, 1.54) is 68.8 Å². The minimum absolute atomic E-state index is 0. The molecule has 6 aromatic rings. The van der Waals surface area contributed by atoms with Crippen LogP contribution in [0.15, 0.2) is 95.7 Å². The van der Waals surface area contributed by atoms with Gasteiger partial charge in [0, 0.05) is 38.4 Å². The van der Waals surface area contributed by atoms with Crippen LogP contribution in [-0.4, -0.2) is 9.13 Å². The lowest BCUT2D eigenvalue weighted by Crippen LogP contribution is -3.00. The maximum atomic E-state index is 3.73. The highest BCUT2D eigenvalue weighted by Gasteiger charge is 2.18. The van der Waals surface area contributed by atoms with Crippen LogP contribution in [0, 0.1) is 13.8 Å². The summed E-state index contributed by atoms with van der Waals surface area (Å²) in [6, 6.07) is 30.8. The summed E-state index contributed by atoms with van der Waals surface area (Å²) in [5.74, 6) is 0. The molecule has 3 nitrogen and oxygen atoms in total. The van der Waals surface area contributed by atoms with Crippen LogP contribution in [0.3, 0.4) is 0 Å². The van der Waals surface area contributed by atoms with E-state index in [9.17, 15) is 0 Å². The van der Waals surface area contributed by atoms with Crippen LogP contribution in [0.25, 0.3) is 32.8 Å². The Kier molecular flexibility index (Phi) is 8.06. The summed E-state index contributed by atoms with van der Waals surface area (Å²) < 4.78 is 8.53. The molecule has 0 aliphatic heterocycles. The van der Waals surface area contributed by atoms with E-state index < -0.39 is 0 Å². The molecule has 0 fully saturated rings. The zero-order valence-corrected chi connectivity index (χ0v) is 25.2.